The Hall–Kier alpha value is -2.04. The lowest BCUT2D eigenvalue weighted by molar-refractivity contribution is -0.146. The van der Waals surface area contributed by atoms with E-state index in [1.54, 1.807) is 12.0 Å². The Morgan fingerprint density at radius 2 is 1.57 bits per heavy atom. The summed E-state index contributed by atoms with van der Waals surface area (Å²) in [4.78, 5) is 26.1. The first-order chi connectivity index (χ1) is 10.8. The van der Waals surface area contributed by atoms with Crippen molar-refractivity contribution in [2.75, 3.05) is 20.2 Å². The Morgan fingerprint density at radius 3 is 2.00 bits per heavy atom. The number of carbonyl (C=O) groups is 2. The van der Waals surface area contributed by atoms with Crippen LogP contribution >= 0.6 is 0 Å². The number of rotatable bonds is 7. The van der Waals surface area contributed by atoms with Gasteiger partial charge in [0, 0.05) is 19.6 Å². The summed E-state index contributed by atoms with van der Waals surface area (Å²) in [5.74, 6) is 0.401. The van der Waals surface area contributed by atoms with Crippen molar-refractivity contribution in [3.05, 3.63) is 29.8 Å². The summed E-state index contributed by atoms with van der Waals surface area (Å²) >= 11 is 0. The summed E-state index contributed by atoms with van der Waals surface area (Å²) in [6.45, 7) is 9.66. The molecule has 1 N–H and O–H groups in total. The molecule has 1 aromatic carbocycles. The van der Waals surface area contributed by atoms with Crippen LogP contribution in [0.3, 0.4) is 0 Å². The third-order valence-electron chi connectivity index (χ3n) is 3.26. The van der Waals surface area contributed by atoms with Crippen LogP contribution in [0.5, 0.6) is 5.75 Å². The van der Waals surface area contributed by atoms with Crippen LogP contribution in [-0.4, -0.2) is 36.9 Å². The number of benzene rings is 1. The van der Waals surface area contributed by atoms with Crippen molar-refractivity contribution >= 4 is 11.8 Å². The van der Waals surface area contributed by atoms with Gasteiger partial charge >= 0.3 is 11.8 Å². The SMILES string of the molecule is COc1ccc(CNC(=O)C(=O)N(CC(C)C)CC(C)C)cc1. The van der Waals surface area contributed by atoms with Crippen LogP contribution < -0.4 is 10.1 Å². The summed E-state index contributed by atoms with van der Waals surface area (Å²) in [7, 11) is 1.60. The molecule has 0 aliphatic rings. The fourth-order valence-corrected chi connectivity index (χ4v) is 2.27. The number of carbonyl (C=O) groups excluding carboxylic acids is 2. The number of amides is 2. The van der Waals surface area contributed by atoms with Crippen LogP contribution in [0.4, 0.5) is 0 Å². The van der Waals surface area contributed by atoms with Gasteiger partial charge in [-0.2, -0.15) is 0 Å². The lowest BCUT2D eigenvalue weighted by atomic mass is 10.1. The molecule has 0 saturated heterocycles. The van der Waals surface area contributed by atoms with Gasteiger partial charge in [0.25, 0.3) is 0 Å². The van der Waals surface area contributed by atoms with E-state index >= 15 is 0 Å². The number of ether oxygens (including phenoxy) is 1. The molecule has 5 heteroatoms. The highest BCUT2D eigenvalue weighted by atomic mass is 16.5. The summed E-state index contributed by atoms with van der Waals surface area (Å²) < 4.78 is 5.09. The summed E-state index contributed by atoms with van der Waals surface area (Å²) in [5.41, 5.74) is 0.922. The van der Waals surface area contributed by atoms with Crippen molar-refractivity contribution in [2.24, 2.45) is 11.8 Å². The molecule has 0 saturated carbocycles. The highest BCUT2D eigenvalue weighted by molar-refractivity contribution is 6.34. The van der Waals surface area contributed by atoms with Gasteiger partial charge in [0.15, 0.2) is 0 Å². The molecule has 1 rings (SSSR count). The Balaban J connectivity index is 2.60. The molecule has 5 nitrogen and oxygen atoms in total. The largest absolute Gasteiger partial charge is 0.497 e. The van der Waals surface area contributed by atoms with Crippen LogP contribution in [0.2, 0.25) is 0 Å². The van der Waals surface area contributed by atoms with E-state index in [0.29, 0.717) is 31.5 Å². The molecule has 0 fully saturated rings. The topological polar surface area (TPSA) is 58.6 Å². The Bertz CT molecular complexity index is 500. The second kappa shape index (κ2) is 9.18. The molecule has 0 spiro atoms. The van der Waals surface area contributed by atoms with Crippen molar-refractivity contribution in [1.82, 2.24) is 10.2 Å². The van der Waals surface area contributed by atoms with Crippen molar-refractivity contribution in [1.29, 1.82) is 0 Å². The van der Waals surface area contributed by atoms with Gasteiger partial charge < -0.3 is 15.0 Å². The smallest absolute Gasteiger partial charge is 0.311 e. The van der Waals surface area contributed by atoms with Crippen LogP contribution in [0.1, 0.15) is 33.3 Å². The molecular formula is C18H28N2O3. The molecule has 0 atom stereocenters. The predicted molar refractivity (Wildman–Crippen MR) is 91.1 cm³/mol. The molecule has 0 aromatic heterocycles. The Morgan fingerprint density at radius 1 is 1.04 bits per heavy atom. The van der Waals surface area contributed by atoms with E-state index < -0.39 is 11.8 Å². The van der Waals surface area contributed by atoms with E-state index in [-0.39, 0.29) is 0 Å². The van der Waals surface area contributed by atoms with Crippen LogP contribution in [0.25, 0.3) is 0 Å². The fourth-order valence-electron chi connectivity index (χ4n) is 2.27. The minimum Gasteiger partial charge on any atom is -0.497 e. The fraction of sp³-hybridized carbons (Fsp3) is 0.556. The lowest BCUT2D eigenvalue weighted by Gasteiger charge is -2.25. The van der Waals surface area contributed by atoms with Crippen LogP contribution in [0.15, 0.2) is 24.3 Å². The highest BCUT2D eigenvalue weighted by Crippen LogP contribution is 2.11. The standard InChI is InChI=1S/C18H28N2O3/c1-13(2)11-20(12-14(3)4)18(22)17(21)19-10-15-6-8-16(23-5)9-7-15/h6-9,13-14H,10-12H2,1-5H3,(H,19,21). The molecule has 23 heavy (non-hydrogen) atoms. The van der Waals surface area contributed by atoms with Crippen LogP contribution in [0, 0.1) is 11.8 Å². The van der Waals surface area contributed by atoms with Gasteiger partial charge in [0.1, 0.15) is 5.75 Å². The zero-order valence-corrected chi connectivity index (χ0v) is 14.8. The monoisotopic (exact) mass is 320 g/mol. The van der Waals surface area contributed by atoms with E-state index in [1.807, 2.05) is 52.0 Å². The summed E-state index contributed by atoms with van der Waals surface area (Å²) in [6, 6.07) is 7.38. The van der Waals surface area contributed by atoms with Gasteiger partial charge in [-0.3, -0.25) is 9.59 Å². The molecule has 128 valence electrons. The van der Waals surface area contributed by atoms with Gasteiger partial charge in [-0.05, 0) is 29.5 Å². The third-order valence-corrected chi connectivity index (χ3v) is 3.26. The quantitative estimate of drug-likeness (QED) is 0.785. The Labute approximate surface area is 139 Å². The maximum Gasteiger partial charge on any atom is 0.311 e. The minimum absolute atomic E-state index is 0.325. The number of methoxy groups -OCH3 is 1. The van der Waals surface area contributed by atoms with E-state index in [4.69, 9.17) is 4.74 Å². The maximum absolute atomic E-state index is 12.3. The van der Waals surface area contributed by atoms with E-state index in [2.05, 4.69) is 5.32 Å². The van der Waals surface area contributed by atoms with Gasteiger partial charge in [0.05, 0.1) is 7.11 Å². The second-order valence-electron chi connectivity index (χ2n) is 6.53. The zero-order valence-electron chi connectivity index (χ0n) is 14.8. The predicted octanol–water partition coefficient (Wildman–Crippen LogP) is 2.45. The molecule has 0 bridgehead atoms. The maximum atomic E-state index is 12.3. The molecule has 0 heterocycles. The molecule has 0 aliphatic heterocycles. The normalized spacial score (nSPS) is 10.7. The molecule has 2 amide bonds. The second-order valence-corrected chi connectivity index (χ2v) is 6.53. The lowest BCUT2D eigenvalue weighted by Crippen LogP contribution is -2.45. The van der Waals surface area contributed by atoms with Crippen molar-refractivity contribution < 1.29 is 14.3 Å². The van der Waals surface area contributed by atoms with Gasteiger partial charge in [-0.1, -0.05) is 39.8 Å². The van der Waals surface area contributed by atoms with Crippen molar-refractivity contribution in [2.45, 2.75) is 34.2 Å². The average molecular weight is 320 g/mol. The third kappa shape index (κ3) is 6.72. The van der Waals surface area contributed by atoms with Crippen molar-refractivity contribution in [3.8, 4) is 5.75 Å². The molecular weight excluding hydrogens is 292 g/mol. The van der Waals surface area contributed by atoms with Gasteiger partial charge in [-0.25, -0.2) is 0 Å². The summed E-state index contributed by atoms with van der Waals surface area (Å²) in [6.07, 6.45) is 0. The molecule has 0 unspecified atom stereocenters. The first-order valence-corrected chi connectivity index (χ1v) is 8.03. The van der Waals surface area contributed by atoms with Gasteiger partial charge in [-0.15, -0.1) is 0 Å². The van der Waals surface area contributed by atoms with Gasteiger partial charge in [0.2, 0.25) is 0 Å². The van der Waals surface area contributed by atoms with Crippen LogP contribution in [-0.2, 0) is 16.1 Å². The number of nitrogens with one attached hydrogen (secondary N) is 1. The Kier molecular flexibility index (Phi) is 7.59. The average Bonchev–Trinajstić information content (AvgIpc) is 2.50. The summed E-state index contributed by atoms with van der Waals surface area (Å²) in [5, 5.41) is 2.69. The van der Waals surface area contributed by atoms with E-state index in [0.717, 1.165) is 11.3 Å². The minimum atomic E-state index is -0.554. The number of hydrogen-bond donors (Lipinski definition) is 1. The molecule has 0 aliphatic carbocycles. The molecule has 1 aromatic rings. The first-order valence-electron chi connectivity index (χ1n) is 8.03. The highest BCUT2D eigenvalue weighted by Gasteiger charge is 2.22. The number of hydrogen-bond acceptors (Lipinski definition) is 3. The van der Waals surface area contributed by atoms with E-state index in [1.165, 1.54) is 0 Å². The molecule has 0 radical (unpaired) electrons. The first kappa shape index (κ1) is 19.0. The van der Waals surface area contributed by atoms with Crippen molar-refractivity contribution in [3.63, 3.8) is 0 Å². The zero-order chi connectivity index (χ0) is 17.4. The van der Waals surface area contributed by atoms with E-state index in [9.17, 15) is 9.59 Å². The number of nitrogens with zero attached hydrogens (tertiary/aromatic N) is 1.